The number of thiazole rings is 1. The Labute approximate surface area is 162 Å². The normalized spacial score (nSPS) is 11.4. The molecule has 0 fully saturated rings. The number of aromatic nitrogens is 1. The first-order valence-electron chi connectivity index (χ1n) is 8.70. The van der Waals surface area contributed by atoms with Crippen molar-refractivity contribution < 1.29 is 9.90 Å². The Morgan fingerprint density at radius 1 is 1.15 bits per heavy atom. The van der Waals surface area contributed by atoms with E-state index >= 15 is 0 Å². The van der Waals surface area contributed by atoms with E-state index < -0.39 is 0 Å². The van der Waals surface area contributed by atoms with Gasteiger partial charge in [0, 0.05) is 16.6 Å². The number of aryl methyl sites for hydroxylation is 2. The molecule has 2 N–H and O–H groups in total. The molecule has 0 aliphatic carbocycles. The first-order chi connectivity index (χ1) is 13.1. The van der Waals surface area contributed by atoms with Crippen LogP contribution in [0.4, 0.5) is 0 Å². The second-order valence-corrected chi connectivity index (χ2v) is 7.10. The van der Waals surface area contributed by atoms with Crippen molar-refractivity contribution in [3.63, 3.8) is 0 Å². The minimum absolute atomic E-state index is 0.147. The molecule has 3 aromatic rings. The van der Waals surface area contributed by atoms with E-state index in [4.69, 9.17) is 0 Å². The topological polar surface area (TPSA) is 74.6 Å². The Balaban J connectivity index is 1.73. The van der Waals surface area contributed by atoms with Crippen LogP contribution in [0.15, 0.2) is 65.1 Å². The SMILES string of the molecule is Cc1csc(CC(=O)N/N=C(\CCc2ccccc2)c2ccccc2O)n1. The van der Waals surface area contributed by atoms with E-state index in [1.807, 2.05) is 48.7 Å². The summed E-state index contributed by atoms with van der Waals surface area (Å²) in [5.41, 5.74) is 5.95. The number of phenols is 1. The average Bonchev–Trinajstić information content (AvgIpc) is 3.08. The van der Waals surface area contributed by atoms with Gasteiger partial charge in [-0.1, -0.05) is 42.5 Å². The van der Waals surface area contributed by atoms with Gasteiger partial charge in [0.1, 0.15) is 10.8 Å². The van der Waals surface area contributed by atoms with Gasteiger partial charge in [-0.25, -0.2) is 10.4 Å². The van der Waals surface area contributed by atoms with Gasteiger partial charge in [0.2, 0.25) is 5.91 Å². The van der Waals surface area contributed by atoms with E-state index in [-0.39, 0.29) is 18.1 Å². The third-order valence-corrected chi connectivity index (χ3v) is 4.97. The van der Waals surface area contributed by atoms with E-state index in [1.165, 1.54) is 16.9 Å². The largest absolute Gasteiger partial charge is 0.507 e. The Morgan fingerprint density at radius 3 is 2.59 bits per heavy atom. The number of hydrazone groups is 1. The number of nitrogens with one attached hydrogen (secondary N) is 1. The summed E-state index contributed by atoms with van der Waals surface area (Å²) in [4.78, 5) is 16.5. The van der Waals surface area contributed by atoms with E-state index in [9.17, 15) is 9.90 Å². The molecule has 2 aromatic carbocycles. The van der Waals surface area contributed by atoms with Gasteiger partial charge in [-0.3, -0.25) is 4.79 Å². The van der Waals surface area contributed by atoms with Crippen molar-refractivity contribution in [1.82, 2.24) is 10.4 Å². The summed E-state index contributed by atoms with van der Waals surface area (Å²) < 4.78 is 0. The molecule has 1 heterocycles. The van der Waals surface area contributed by atoms with Crippen molar-refractivity contribution in [2.24, 2.45) is 5.10 Å². The highest BCUT2D eigenvalue weighted by Crippen LogP contribution is 2.19. The van der Waals surface area contributed by atoms with Crippen LogP contribution in [0.5, 0.6) is 5.75 Å². The summed E-state index contributed by atoms with van der Waals surface area (Å²) in [6.07, 6.45) is 1.54. The van der Waals surface area contributed by atoms with Gasteiger partial charge >= 0.3 is 0 Å². The predicted molar refractivity (Wildman–Crippen MR) is 108 cm³/mol. The third-order valence-electron chi connectivity index (χ3n) is 4.00. The van der Waals surface area contributed by atoms with Crippen LogP contribution in [-0.2, 0) is 17.6 Å². The van der Waals surface area contributed by atoms with Crippen LogP contribution in [0.3, 0.4) is 0 Å². The standard InChI is InChI=1S/C21H21N3O2S/c1-15-14-27-21(22-15)13-20(26)24-23-18(17-9-5-6-10-19(17)25)12-11-16-7-3-2-4-8-16/h2-10,14,25H,11-13H2,1H3,(H,24,26)/b23-18+. The van der Waals surface area contributed by atoms with Crippen LogP contribution in [0.25, 0.3) is 0 Å². The van der Waals surface area contributed by atoms with Gasteiger partial charge in [-0.05, 0) is 37.5 Å². The highest BCUT2D eigenvalue weighted by atomic mass is 32.1. The number of carbonyl (C=O) groups excluding carboxylic acids is 1. The molecule has 5 nitrogen and oxygen atoms in total. The molecule has 0 aliphatic heterocycles. The minimum Gasteiger partial charge on any atom is -0.507 e. The van der Waals surface area contributed by atoms with Crippen molar-refractivity contribution in [3.8, 4) is 5.75 Å². The molecule has 0 spiro atoms. The lowest BCUT2D eigenvalue weighted by Gasteiger charge is -2.09. The predicted octanol–water partition coefficient (Wildman–Crippen LogP) is 3.85. The summed E-state index contributed by atoms with van der Waals surface area (Å²) >= 11 is 1.46. The Kier molecular flexibility index (Phi) is 6.33. The van der Waals surface area contributed by atoms with Crippen LogP contribution in [-0.4, -0.2) is 21.7 Å². The van der Waals surface area contributed by atoms with Crippen LogP contribution in [0, 0.1) is 6.92 Å². The number of nitrogens with zero attached hydrogens (tertiary/aromatic N) is 2. The molecule has 0 bridgehead atoms. The van der Waals surface area contributed by atoms with Gasteiger partial charge < -0.3 is 5.11 Å². The van der Waals surface area contributed by atoms with Crippen LogP contribution in [0.2, 0.25) is 0 Å². The molecule has 0 aliphatic rings. The van der Waals surface area contributed by atoms with Gasteiger partial charge in [-0.15, -0.1) is 11.3 Å². The molecule has 27 heavy (non-hydrogen) atoms. The van der Waals surface area contributed by atoms with E-state index in [0.29, 0.717) is 17.7 Å². The zero-order valence-corrected chi connectivity index (χ0v) is 15.9. The molecule has 1 amide bonds. The number of phenolic OH excluding ortho intramolecular Hbond substituents is 1. The zero-order valence-electron chi connectivity index (χ0n) is 15.1. The molecule has 0 unspecified atom stereocenters. The summed E-state index contributed by atoms with van der Waals surface area (Å²) in [6, 6.07) is 17.1. The number of amides is 1. The molecular weight excluding hydrogens is 358 g/mol. The molecule has 1 aromatic heterocycles. The van der Waals surface area contributed by atoms with Gasteiger partial charge in [0.25, 0.3) is 0 Å². The molecule has 0 atom stereocenters. The second kappa shape index (κ2) is 9.09. The number of para-hydroxylation sites is 1. The maximum Gasteiger partial charge on any atom is 0.246 e. The van der Waals surface area contributed by atoms with Gasteiger partial charge in [0.05, 0.1) is 12.1 Å². The number of rotatable bonds is 7. The summed E-state index contributed by atoms with van der Waals surface area (Å²) in [6.45, 7) is 1.90. The van der Waals surface area contributed by atoms with Crippen LogP contribution < -0.4 is 5.43 Å². The number of hydrogen-bond acceptors (Lipinski definition) is 5. The molecule has 3 rings (SSSR count). The summed E-state index contributed by atoms with van der Waals surface area (Å²) in [5, 5.41) is 17.2. The highest BCUT2D eigenvalue weighted by Gasteiger charge is 2.11. The van der Waals surface area contributed by atoms with Crippen LogP contribution in [0.1, 0.15) is 28.2 Å². The Morgan fingerprint density at radius 2 is 1.89 bits per heavy atom. The number of aromatic hydroxyl groups is 1. The maximum atomic E-state index is 12.2. The monoisotopic (exact) mass is 379 g/mol. The lowest BCUT2D eigenvalue weighted by molar-refractivity contribution is -0.120. The molecule has 0 radical (unpaired) electrons. The summed E-state index contributed by atoms with van der Waals surface area (Å²) in [7, 11) is 0. The molecule has 138 valence electrons. The average molecular weight is 379 g/mol. The Bertz CT molecular complexity index is 935. The van der Waals surface area contributed by atoms with Crippen molar-refractivity contribution >= 4 is 23.0 Å². The lowest BCUT2D eigenvalue weighted by atomic mass is 10.0. The minimum atomic E-state index is -0.225. The zero-order chi connectivity index (χ0) is 19.1. The fourth-order valence-corrected chi connectivity index (χ4v) is 3.44. The van der Waals surface area contributed by atoms with E-state index in [0.717, 1.165) is 17.1 Å². The fourth-order valence-electron chi connectivity index (χ4n) is 2.67. The van der Waals surface area contributed by atoms with Gasteiger partial charge in [-0.2, -0.15) is 5.10 Å². The molecule has 0 saturated heterocycles. The van der Waals surface area contributed by atoms with Crippen molar-refractivity contribution in [2.75, 3.05) is 0 Å². The molecular formula is C21H21N3O2S. The smallest absolute Gasteiger partial charge is 0.246 e. The second-order valence-electron chi connectivity index (χ2n) is 6.16. The first kappa shape index (κ1) is 18.8. The fraction of sp³-hybridized carbons (Fsp3) is 0.190. The quantitative estimate of drug-likeness (QED) is 0.484. The number of carbonyl (C=O) groups is 1. The summed E-state index contributed by atoms with van der Waals surface area (Å²) in [5.74, 6) is -0.0777. The lowest BCUT2D eigenvalue weighted by Crippen LogP contribution is -2.22. The van der Waals surface area contributed by atoms with E-state index in [2.05, 4.69) is 15.5 Å². The number of hydrogen-bond donors (Lipinski definition) is 2. The van der Waals surface area contributed by atoms with Crippen molar-refractivity contribution in [3.05, 3.63) is 81.8 Å². The third kappa shape index (κ3) is 5.49. The number of benzene rings is 2. The van der Waals surface area contributed by atoms with Gasteiger partial charge in [0.15, 0.2) is 0 Å². The molecule has 6 heteroatoms. The van der Waals surface area contributed by atoms with Crippen molar-refractivity contribution in [1.29, 1.82) is 0 Å². The van der Waals surface area contributed by atoms with E-state index in [1.54, 1.807) is 18.2 Å². The maximum absolute atomic E-state index is 12.2. The Hall–Kier alpha value is -2.99. The molecule has 0 saturated carbocycles. The first-order valence-corrected chi connectivity index (χ1v) is 9.58. The highest BCUT2D eigenvalue weighted by molar-refractivity contribution is 7.09. The van der Waals surface area contributed by atoms with Crippen LogP contribution >= 0.6 is 11.3 Å². The van der Waals surface area contributed by atoms with Crippen molar-refractivity contribution in [2.45, 2.75) is 26.2 Å².